The number of likely N-dealkylation sites (tertiary alicyclic amines) is 1. The van der Waals surface area contributed by atoms with Crippen molar-refractivity contribution < 1.29 is 4.74 Å². The van der Waals surface area contributed by atoms with Gasteiger partial charge in [-0.3, -0.25) is 0 Å². The molecule has 0 aromatic heterocycles. The Labute approximate surface area is 146 Å². The molecule has 2 nitrogen and oxygen atoms in total. The Morgan fingerprint density at radius 2 is 1.62 bits per heavy atom. The van der Waals surface area contributed by atoms with Crippen LogP contribution in [-0.4, -0.2) is 30.6 Å². The van der Waals surface area contributed by atoms with E-state index in [1.54, 1.807) is 0 Å². The minimum absolute atomic E-state index is 0.0310. The van der Waals surface area contributed by atoms with Gasteiger partial charge in [0.15, 0.2) is 0 Å². The summed E-state index contributed by atoms with van der Waals surface area (Å²) < 4.78 is 6.63. The highest BCUT2D eigenvalue weighted by Gasteiger charge is 2.24. The standard InChI is InChI=1S/C22H29NO/c1-2-3-16-23-17-10-15-21(18-23)24-22(19-11-6-4-7-12-19)20-13-8-5-9-14-20/h4-9,11-14,21-22H,2-3,10,15-18H2,1H3. The Balaban J connectivity index is 1.72. The van der Waals surface area contributed by atoms with Gasteiger partial charge in [0, 0.05) is 6.54 Å². The van der Waals surface area contributed by atoms with Gasteiger partial charge in [-0.1, -0.05) is 74.0 Å². The van der Waals surface area contributed by atoms with Crippen LogP contribution in [0.25, 0.3) is 0 Å². The van der Waals surface area contributed by atoms with E-state index in [2.05, 4.69) is 72.5 Å². The summed E-state index contributed by atoms with van der Waals surface area (Å²) in [5, 5.41) is 0. The Hall–Kier alpha value is -1.64. The maximum Gasteiger partial charge on any atom is 0.108 e. The molecule has 1 saturated heterocycles. The molecule has 1 aliphatic rings. The number of hydrogen-bond acceptors (Lipinski definition) is 2. The second kappa shape index (κ2) is 9.00. The molecule has 0 aliphatic carbocycles. The molecule has 2 heteroatoms. The molecule has 1 fully saturated rings. The number of ether oxygens (including phenoxy) is 1. The fourth-order valence-corrected chi connectivity index (χ4v) is 3.51. The summed E-state index contributed by atoms with van der Waals surface area (Å²) in [6, 6.07) is 21.2. The Bertz CT molecular complexity index is 544. The van der Waals surface area contributed by atoms with Gasteiger partial charge in [-0.15, -0.1) is 0 Å². The lowest BCUT2D eigenvalue weighted by molar-refractivity contribution is -0.0334. The maximum atomic E-state index is 6.63. The molecule has 1 heterocycles. The minimum atomic E-state index is 0.0310. The number of benzene rings is 2. The highest BCUT2D eigenvalue weighted by molar-refractivity contribution is 5.30. The first kappa shape index (κ1) is 17.2. The lowest BCUT2D eigenvalue weighted by Gasteiger charge is -2.35. The fourth-order valence-electron chi connectivity index (χ4n) is 3.51. The number of hydrogen-bond donors (Lipinski definition) is 0. The van der Waals surface area contributed by atoms with Crippen molar-refractivity contribution in [1.82, 2.24) is 4.90 Å². The highest BCUT2D eigenvalue weighted by Crippen LogP contribution is 2.29. The van der Waals surface area contributed by atoms with E-state index in [9.17, 15) is 0 Å². The SMILES string of the molecule is CCCCN1CCCC(OC(c2ccccc2)c2ccccc2)C1. The van der Waals surface area contributed by atoms with E-state index in [1.165, 1.54) is 49.9 Å². The zero-order valence-electron chi connectivity index (χ0n) is 14.7. The van der Waals surface area contributed by atoms with Gasteiger partial charge in [0.2, 0.25) is 0 Å². The van der Waals surface area contributed by atoms with Crippen LogP contribution in [0.4, 0.5) is 0 Å². The zero-order chi connectivity index (χ0) is 16.6. The molecule has 0 spiro atoms. The van der Waals surface area contributed by atoms with Crippen LogP contribution in [0.1, 0.15) is 49.8 Å². The molecule has 0 radical (unpaired) electrons. The van der Waals surface area contributed by atoms with Crippen molar-refractivity contribution >= 4 is 0 Å². The molecule has 1 unspecified atom stereocenters. The van der Waals surface area contributed by atoms with Crippen molar-refractivity contribution in [2.24, 2.45) is 0 Å². The summed E-state index contributed by atoms with van der Waals surface area (Å²) in [5.41, 5.74) is 2.49. The number of piperidine rings is 1. The van der Waals surface area contributed by atoms with E-state index >= 15 is 0 Å². The predicted octanol–water partition coefficient (Wildman–Crippen LogP) is 5.06. The topological polar surface area (TPSA) is 12.5 Å². The van der Waals surface area contributed by atoms with Gasteiger partial charge in [0.25, 0.3) is 0 Å². The van der Waals surface area contributed by atoms with Gasteiger partial charge in [0.1, 0.15) is 6.10 Å². The van der Waals surface area contributed by atoms with Crippen molar-refractivity contribution in [2.75, 3.05) is 19.6 Å². The Morgan fingerprint density at radius 3 is 2.21 bits per heavy atom. The average Bonchev–Trinajstić information content (AvgIpc) is 2.66. The van der Waals surface area contributed by atoms with Crippen molar-refractivity contribution in [3.8, 4) is 0 Å². The van der Waals surface area contributed by atoms with E-state index in [-0.39, 0.29) is 6.10 Å². The van der Waals surface area contributed by atoms with Gasteiger partial charge in [0.05, 0.1) is 6.10 Å². The van der Waals surface area contributed by atoms with Crippen molar-refractivity contribution in [3.05, 3.63) is 71.8 Å². The predicted molar refractivity (Wildman–Crippen MR) is 100 cm³/mol. The molecule has 0 N–H and O–H groups in total. The highest BCUT2D eigenvalue weighted by atomic mass is 16.5. The van der Waals surface area contributed by atoms with Gasteiger partial charge in [-0.05, 0) is 43.5 Å². The third kappa shape index (κ3) is 4.68. The molecule has 1 atom stereocenters. The average molecular weight is 323 g/mol. The van der Waals surface area contributed by atoms with E-state index < -0.39 is 0 Å². The Morgan fingerprint density at radius 1 is 1.00 bits per heavy atom. The molecular formula is C22H29NO. The van der Waals surface area contributed by atoms with Crippen molar-refractivity contribution in [2.45, 2.75) is 44.8 Å². The van der Waals surface area contributed by atoms with E-state index in [0.717, 1.165) is 6.54 Å². The molecule has 3 rings (SSSR count). The van der Waals surface area contributed by atoms with E-state index in [4.69, 9.17) is 4.74 Å². The summed E-state index contributed by atoms with van der Waals surface area (Å²) >= 11 is 0. The minimum Gasteiger partial charge on any atom is -0.364 e. The molecule has 128 valence electrons. The summed E-state index contributed by atoms with van der Waals surface area (Å²) in [7, 11) is 0. The summed E-state index contributed by atoms with van der Waals surface area (Å²) in [5.74, 6) is 0. The lowest BCUT2D eigenvalue weighted by Crippen LogP contribution is -2.40. The van der Waals surface area contributed by atoms with Crippen LogP contribution in [0, 0.1) is 0 Å². The molecular weight excluding hydrogens is 294 g/mol. The fraction of sp³-hybridized carbons (Fsp3) is 0.455. The quantitative estimate of drug-likeness (QED) is 0.706. The van der Waals surface area contributed by atoms with Crippen molar-refractivity contribution in [1.29, 1.82) is 0 Å². The summed E-state index contributed by atoms with van der Waals surface area (Å²) in [4.78, 5) is 2.57. The Kier molecular flexibility index (Phi) is 6.45. The summed E-state index contributed by atoms with van der Waals surface area (Å²) in [6.45, 7) is 5.76. The first-order chi connectivity index (χ1) is 11.9. The van der Waals surface area contributed by atoms with Crippen LogP contribution in [0.15, 0.2) is 60.7 Å². The number of rotatable bonds is 7. The third-order valence-electron chi connectivity index (χ3n) is 4.82. The van der Waals surface area contributed by atoms with Gasteiger partial charge in [-0.25, -0.2) is 0 Å². The van der Waals surface area contributed by atoms with Crippen molar-refractivity contribution in [3.63, 3.8) is 0 Å². The molecule has 0 bridgehead atoms. The number of unbranched alkanes of at least 4 members (excludes halogenated alkanes) is 1. The molecule has 2 aromatic carbocycles. The summed E-state index contributed by atoms with van der Waals surface area (Å²) in [6.07, 6.45) is 5.31. The second-order valence-corrected chi connectivity index (χ2v) is 6.76. The van der Waals surface area contributed by atoms with Gasteiger partial charge < -0.3 is 9.64 Å². The third-order valence-corrected chi connectivity index (χ3v) is 4.82. The van der Waals surface area contributed by atoms with Crippen LogP contribution in [-0.2, 0) is 4.74 Å². The molecule has 0 saturated carbocycles. The van der Waals surface area contributed by atoms with Gasteiger partial charge in [-0.2, -0.15) is 0 Å². The van der Waals surface area contributed by atoms with Crippen LogP contribution >= 0.6 is 0 Å². The molecule has 24 heavy (non-hydrogen) atoms. The van der Waals surface area contributed by atoms with E-state index in [0.29, 0.717) is 6.10 Å². The lowest BCUT2D eigenvalue weighted by atomic mass is 10.00. The van der Waals surface area contributed by atoms with Gasteiger partial charge >= 0.3 is 0 Å². The monoisotopic (exact) mass is 323 g/mol. The zero-order valence-corrected chi connectivity index (χ0v) is 14.7. The molecule has 1 aliphatic heterocycles. The first-order valence-electron chi connectivity index (χ1n) is 9.34. The van der Waals surface area contributed by atoms with Crippen LogP contribution < -0.4 is 0 Å². The smallest absolute Gasteiger partial charge is 0.108 e. The second-order valence-electron chi connectivity index (χ2n) is 6.76. The molecule has 2 aromatic rings. The number of nitrogens with zero attached hydrogens (tertiary/aromatic N) is 1. The maximum absolute atomic E-state index is 6.63. The largest absolute Gasteiger partial charge is 0.364 e. The van der Waals surface area contributed by atoms with E-state index in [1.807, 2.05) is 0 Å². The first-order valence-corrected chi connectivity index (χ1v) is 9.34. The normalized spacial score (nSPS) is 18.8. The van der Waals surface area contributed by atoms with Crippen LogP contribution in [0.2, 0.25) is 0 Å². The van der Waals surface area contributed by atoms with Crippen LogP contribution in [0.5, 0.6) is 0 Å². The molecule has 0 amide bonds. The van der Waals surface area contributed by atoms with Crippen LogP contribution in [0.3, 0.4) is 0 Å².